The molecule has 5 nitrogen and oxygen atoms in total. The number of aliphatic hydroxyl groups excluding tert-OH is 1. The van der Waals surface area contributed by atoms with E-state index in [0.717, 1.165) is 28.7 Å². The number of carbonyl (C=O) groups excluding carboxylic acids is 1. The average Bonchev–Trinajstić information content (AvgIpc) is 2.93. The summed E-state index contributed by atoms with van der Waals surface area (Å²) in [6.07, 6.45) is 1.73. The molecule has 0 spiro atoms. The third-order valence-electron chi connectivity index (χ3n) is 3.35. The minimum absolute atomic E-state index is 0.00585. The zero-order valence-electron chi connectivity index (χ0n) is 13.7. The second-order valence-electron chi connectivity index (χ2n) is 5.67. The summed E-state index contributed by atoms with van der Waals surface area (Å²) < 4.78 is 6.76. The highest BCUT2D eigenvalue weighted by Crippen LogP contribution is 2.24. The maximum atomic E-state index is 11.4. The number of nitrogens with zero attached hydrogens (tertiary/aromatic N) is 2. The lowest BCUT2D eigenvalue weighted by Crippen LogP contribution is -2.09. The highest BCUT2D eigenvalue weighted by molar-refractivity contribution is 7.98. The van der Waals surface area contributed by atoms with E-state index in [9.17, 15) is 9.90 Å². The fourth-order valence-electron chi connectivity index (χ4n) is 2.20. The number of esters is 1. The van der Waals surface area contributed by atoms with Gasteiger partial charge in [0, 0.05) is 12.3 Å². The Kier molecular flexibility index (Phi) is 6.24. The molecule has 2 aromatic rings. The molecular formula is C17H22N2O3S. The molecule has 0 aliphatic heterocycles. The van der Waals surface area contributed by atoms with Crippen LogP contribution in [-0.4, -0.2) is 27.7 Å². The van der Waals surface area contributed by atoms with Crippen LogP contribution in [0.5, 0.6) is 0 Å². The number of benzene rings is 1. The predicted octanol–water partition coefficient (Wildman–Crippen LogP) is 3.11. The maximum absolute atomic E-state index is 11.4. The number of hydrogen-bond acceptors (Lipinski definition) is 5. The third-order valence-corrected chi connectivity index (χ3v) is 4.42. The van der Waals surface area contributed by atoms with Gasteiger partial charge < -0.3 is 14.4 Å². The summed E-state index contributed by atoms with van der Waals surface area (Å²) in [5, 5.41) is 10.3. The number of aliphatic hydroxyl groups is 1. The Morgan fingerprint density at radius 2 is 2.04 bits per heavy atom. The monoisotopic (exact) mass is 334 g/mol. The van der Waals surface area contributed by atoms with E-state index in [0.29, 0.717) is 11.5 Å². The second kappa shape index (κ2) is 8.17. The summed E-state index contributed by atoms with van der Waals surface area (Å²) in [7, 11) is 1.37. The first-order valence-electron chi connectivity index (χ1n) is 7.50. The van der Waals surface area contributed by atoms with Gasteiger partial charge in [-0.1, -0.05) is 37.7 Å². The van der Waals surface area contributed by atoms with Gasteiger partial charge in [0.05, 0.1) is 31.2 Å². The van der Waals surface area contributed by atoms with Crippen molar-refractivity contribution in [3.8, 4) is 0 Å². The van der Waals surface area contributed by atoms with Crippen LogP contribution in [-0.2, 0) is 23.6 Å². The van der Waals surface area contributed by atoms with Crippen LogP contribution >= 0.6 is 11.8 Å². The van der Waals surface area contributed by atoms with Crippen LogP contribution in [0.4, 0.5) is 0 Å². The van der Waals surface area contributed by atoms with Crippen LogP contribution in [0, 0.1) is 5.92 Å². The molecule has 0 amide bonds. The topological polar surface area (TPSA) is 64.3 Å². The van der Waals surface area contributed by atoms with Gasteiger partial charge in [-0.15, -0.1) is 0 Å². The predicted molar refractivity (Wildman–Crippen MR) is 90.3 cm³/mol. The highest BCUT2D eigenvalue weighted by atomic mass is 32.2. The quantitative estimate of drug-likeness (QED) is 0.622. The molecule has 0 fully saturated rings. The number of ether oxygens (including phenoxy) is 1. The van der Waals surface area contributed by atoms with E-state index in [4.69, 9.17) is 4.74 Å². The average molecular weight is 334 g/mol. The Labute approximate surface area is 140 Å². The minimum atomic E-state index is -0.329. The molecule has 0 radical (unpaired) electrons. The van der Waals surface area contributed by atoms with Crippen molar-refractivity contribution in [3.05, 3.63) is 47.3 Å². The Bertz CT molecular complexity index is 650. The highest BCUT2D eigenvalue weighted by Gasteiger charge is 2.12. The molecule has 1 aromatic carbocycles. The van der Waals surface area contributed by atoms with Crippen molar-refractivity contribution in [2.75, 3.05) is 7.11 Å². The minimum Gasteiger partial charge on any atom is -0.465 e. The van der Waals surface area contributed by atoms with Crippen LogP contribution in [0.2, 0.25) is 0 Å². The fourth-order valence-corrected chi connectivity index (χ4v) is 3.16. The van der Waals surface area contributed by atoms with Crippen LogP contribution in [0.25, 0.3) is 0 Å². The van der Waals surface area contributed by atoms with Gasteiger partial charge in [0.25, 0.3) is 0 Å². The maximum Gasteiger partial charge on any atom is 0.337 e. The molecule has 0 bridgehead atoms. The number of aromatic nitrogens is 2. The molecule has 1 aromatic heterocycles. The van der Waals surface area contributed by atoms with Gasteiger partial charge in [-0.3, -0.25) is 0 Å². The standard InChI is InChI=1S/C17H22N2O3S/c1-12(2)9-19-15(10-20)8-18-17(19)23-11-13-4-6-14(7-5-13)16(21)22-3/h4-8,12,20H,9-11H2,1-3H3. The van der Waals surface area contributed by atoms with Crippen molar-refractivity contribution in [1.82, 2.24) is 9.55 Å². The molecule has 0 aliphatic rings. The summed E-state index contributed by atoms with van der Waals surface area (Å²) in [5.74, 6) is 0.902. The van der Waals surface area contributed by atoms with E-state index in [1.54, 1.807) is 30.1 Å². The summed E-state index contributed by atoms with van der Waals surface area (Å²) >= 11 is 1.62. The lowest BCUT2D eigenvalue weighted by molar-refractivity contribution is 0.0600. The van der Waals surface area contributed by atoms with Gasteiger partial charge in [-0.05, 0) is 23.6 Å². The SMILES string of the molecule is COC(=O)c1ccc(CSc2ncc(CO)n2CC(C)C)cc1. The van der Waals surface area contributed by atoms with Crippen molar-refractivity contribution >= 4 is 17.7 Å². The van der Waals surface area contributed by atoms with Gasteiger partial charge >= 0.3 is 5.97 Å². The number of carbonyl (C=O) groups is 1. The van der Waals surface area contributed by atoms with Crippen LogP contribution in [0.3, 0.4) is 0 Å². The zero-order chi connectivity index (χ0) is 16.8. The second-order valence-corrected chi connectivity index (χ2v) is 6.61. The van der Waals surface area contributed by atoms with Crippen molar-refractivity contribution in [3.63, 3.8) is 0 Å². The normalized spacial score (nSPS) is 11.0. The number of imidazole rings is 1. The lowest BCUT2D eigenvalue weighted by Gasteiger charge is -2.13. The molecule has 2 rings (SSSR count). The molecule has 0 saturated carbocycles. The molecule has 0 atom stereocenters. The number of thioether (sulfide) groups is 1. The van der Waals surface area contributed by atoms with Gasteiger partial charge in [0.1, 0.15) is 0 Å². The fraction of sp³-hybridized carbons (Fsp3) is 0.412. The van der Waals surface area contributed by atoms with Crippen LogP contribution in [0.15, 0.2) is 35.6 Å². The first-order chi connectivity index (χ1) is 11.0. The number of hydrogen-bond donors (Lipinski definition) is 1. The zero-order valence-corrected chi connectivity index (χ0v) is 14.5. The Hall–Kier alpha value is -1.79. The molecule has 23 heavy (non-hydrogen) atoms. The first kappa shape index (κ1) is 17.6. The van der Waals surface area contributed by atoms with Gasteiger partial charge in [0.2, 0.25) is 0 Å². The Balaban J connectivity index is 2.06. The summed E-state index contributed by atoms with van der Waals surface area (Å²) in [4.78, 5) is 15.8. The van der Waals surface area contributed by atoms with Crippen molar-refractivity contribution in [2.45, 2.75) is 37.9 Å². The van der Waals surface area contributed by atoms with Gasteiger partial charge in [-0.2, -0.15) is 0 Å². The van der Waals surface area contributed by atoms with Crippen molar-refractivity contribution in [1.29, 1.82) is 0 Å². The summed E-state index contributed by atoms with van der Waals surface area (Å²) in [6.45, 7) is 5.11. The van der Waals surface area contributed by atoms with E-state index in [1.807, 2.05) is 12.1 Å². The molecular weight excluding hydrogens is 312 g/mol. The molecule has 0 aliphatic carbocycles. The Morgan fingerprint density at radius 3 is 2.61 bits per heavy atom. The largest absolute Gasteiger partial charge is 0.465 e. The molecule has 6 heteroatoms. The third kappa shape index (κ3) is 4.59. The first-order valence-corrected chi connectivity index (χ1v) is 8.49. The molecule has 0 saturated heterocycles. The van der Waals surface area contributed by atoms with E-state index in [1.165, 1.54) is 7.11 Å². The lowest BCUT2D eigenvalue weighted by atomic mass is 10.1. The van der Waals surface area contributed by atoms with E-state index < -0.39 is 0 Å². The van der Waals surface area contributed by atoms with Gasteiger partial charge in [-0.25, -0.2) is 9.78 Å². The van der Waals surface area contributed by atoms with E-state index >= 15 is 0 Å². The van der Waals surface area contributed by atoms with Gasteiger partial charge in [0.15, 0.2) is 5.16 Å². The number of methoxy groups -OCH3 is 1. The van der Waals surface area contributed by atoms with E-state index in [-0.39, 0.29) is 12.6 Å². The van der Waals surface area contributed by atoms with Crippen LogP contribution < -0.4 is 0 Å². The Morgan fingerprint density at radius 1 is 1.35 bits per heavy atom. The van der Waals surface area contributed by atoms with Crippen LogP contribution in [0.1, 0.15) is 35.5 Å². The molecule has 0 unspecified atom stereocenters. The summed E-state index contributed by atoms with van der Waals surface area (Å²) in [6, 6.07) is 7.37. The molecule has 124 valence electrons. The van der Waals surface area contributed by atoms with Crippen molar-refractivity contribution in [2.24, 2.45) is 5.92 Å². The summed E-state index contributed by atoms with van der Waals surface area (Å²) in [5.41, 5.74) is 2.49. The van der Waals surface area contributed by atoms with Crippen molar-refractivity contribution < 1.29 is 14.6 Å². The smallest absolute Gasteiger partial charge is 0.337 e. The molecule has 1 N–H and O–H groups in total. The number of rotatable bonds is 7. The molecule has 1 heterocycles. The van der Waals surface area contributed by atoms with E-state index in [2.05, 4.69) is 23.4 Å².